The molecule has 1 heterocycles. The number of hydrogen-bond acceptors (Lipinski definition) is 2. The number of aromatic nitrogens is 1. The van der Waals surface area contributed by atoms with Gasteiger partial charge in [-0.15, -0.1) is 0 Å². The number of nitrogen functional groups attached to an aromatic ring is 1. The Morgan fingerprint density at radius 2 is 1.68 bits per heavy atom. The van der Waals surface area contributed by atoms with Crippen molar-refractivity contribution in [1.29, 1.82) is 0 Å². The number of anilines is 1. The summed E-state index contributed by atoms with van der Waals surface area (Å²) in [5, 5.41) is 0.0684. The first kappa shape index (κ1) is 14.4. The van der Waals surface area contributed by atoms with E-state index in [1.807, 2.05) is 0 Å². The van der Waals surface area contributed by atoms with Crippen LogP contribution in [-0.2, 0) is 6.18 Å². The Bertz CT molecular complexity index is 840. The molecule has 22 heavy (non-hydrogen) atoms. The second-order valence-electron chi connectivity index (χ2n) is 5.09. The third-order valence-corrected chi connectivity index (χ3v) is 3.65. The molecular formula is C17H13F3N2. The zero-order chi connectivity index (χ0) is 15.9. The number of rotatable bonds is 1. The van der Waals surface area contributed by atoms with Crippen molar-refractivity contribution in [3.63, 3.8) is 0 Å². The van der Waals surface area contributed by atoms with E-state index in [1.54, 1.807) is 37.3 Å². The average molecular weight is 302 g/mol. The number of halogens is 3. The molecule has 1 aromatic heterocycles. The van der Waals surface area contributed by atoms with Gasteiger partial charge in [0.2, 0.25) is 0 Å². The van der Waals surface area contributed by atoms with Crippen LogP contribution in [0.15, 0.2) is 48.5 Å². The Morgan fingerprint density at radius 1 is 1.00 bits per heavy atom. The molecule has 0 saturated carbocycles. The van der Waals surface area contributed by atoms with Gasteiger partial charge in [-0.1, -0.05) is 36.4 Å². The monoisotopic (exact) mass is 302 g/mol. The molecule has 0 aliphatic heterocycles. The van der Waals surface area contributed by atoms with Crippen molar-refractivity contribution in [2.45, 2.75) is 13.1 Å². The van der Waals surface area contributed by atoms with Crippen LogP contribution >= 0.6 is 0 Å². The Kier molecular flexibility index (Phi) is 3.28. The third kappa shape index (κ3) is 2.39. The summed E-state index contributed by atoms with van der Waals surface area (Å²) in [5.74, 6) is 0. The lowest BCUT2D eigenvalue weighted by atomic mass is 10.0. The normalized spacial score (nSPS) is 11.8. The number of benzene rings is 2. The summed E-state index contributed by atoms with van der Waals surface area (Å²) in [6.45, 7) is 1.68. The van der Waals surface area contributed by atoms with Crippen LogP contribution in [0.25, 0.3) is 22.2 Å². The van der Waals surface area contributed by atoms with Gasteiger partial charge in [-0.05, 0) is 24.6 Å². The first-order chi connectivity index (χ1) is 10.4. The van der Waals surface area contributed by atoms with E-state index in [1.165, 1.54) is 12.1 Å². The van der Waals surface area contributed by atoms with Crippen LogP contribution < -0.4 is 5.73 Å². The van der Waals surface area contributed by atoms with E-state index in [0.29, 0.717) is 16.8 Å². The van der Waals surface area contributed by atoms with Gasteiger partial charge in [0, 0.05) is 16.6 Å². The summed E-state index contributed by atoms with van der Waals surface area (Å²) in [6.07, 6.45) is -4.45. The highest BCUT2D eigenvalue weighted by Gasteiger charge is 2.33. The summed E-state index contributed by atoms with van der Waals surface area (Å²) in [7, 11) is 0. The number of nitrogens with zero attached hydrogens (tertiary/aromatic N) is 1. The molecular weight excluding hydrogens is 289 g/mol. The van der Waals surface area contributed by atoms with Gasteiger partial charge in [0.25, 0.3) is 0 Å². The summed E-state index contributed by atoms with van der Waals surface area (Å²) in [5.41, 5.74) is 7.31. The standard InChI is InChI=1S/C17H13F3N2/c1-10-14(21)8-7-12-13(17(18,19)20)9-15(22-16(10)12)11-5-3-2-4-6-11/h2-9H,21H2,1H3. The van der Waals surface area contributed by atoms with Gasteiger partial charge in [-0.2, -0.15) is 13.2 Å². The molecule has 0 aliphatic carbocycles. The molecule has 3 rings (SSSR count). The SMILES string of the molecule is Cc1c(N)ccc2c(C(F)(F)F)cc(-c3ccccc3)nc12. The molecule has 112 valence electrons. The van der Waals surface area contributed by atoms with E-state index < -0.39 is 11.7 Å². The maximum atomic E-state index is 13.4. The van der Waals surface area contributed by atoms with E-state index in [0.717, 1.165) is 6.07 Å². The first-order valence-corrected chi connectivity index (χ1v) is 6.70. The van der Waals surface area contributed by atoms with Crippen molar-refractivity contribution in [2.24, 2.45) is 0 Å². The maximum Gasteiger partial charge on any atom is 0.417 e. The molecule has 2 N–H and O–H groups in total. The molecule has 3 aromatic rings. The number of pyridine rings is 1. The maximum absolute atomic E-state index is 13.4. The third-order valence-electron chi connectivity index (χ3n) is 3.65. The summed E-state index contributed by atoms with van der Waals surface area (Å²) < 4.78 is 40.2. The van der Waals surface area contributed by atoms with Crippen molar-refractivity contribution < 1.29 is 13.2 Å². The Balaban J connectivity index is 2.39. The summed E-state index contributed by atoms with van der Waals surface area (Å²) in [4.78, 5) is 4.40. The second kappa shape index (κ2) is 5.02. The molecule has 0 aliphatic rings. The van der Waals surface area contributed by atoms with Crippen molar-refractivity contribution in [3.8, 4) is 11.3 Å². The fraction of sp³-hybridized carbons (Fsp3) is 0.118. The number of alkyl halides is 3. The number of fused-ring (bicyclic) bond motifs is 1. The van der Waals surface area contributed by atoms with Gasteiger partial charge in [0.1, 0.15) is 0 Å². The summed E-state index contributed by atoms with van der Waals surface area (Å²) in [6, 6.07) is 12.7. The fourth-order valence-electron chi connectivity index (χ4n) is 2.44. The zero-order valence-corrected chi connectivity index (χ0v) is 11.8. The van der Waals surface area contributed by atoms with E-state index >= 15 is 0 Å². The van der Waals surface area contributed by atoms with Crippen LogP contribution in [0.5, 0.6) is 0 Å². The molecule has 0 unspecified atom stereocenters. The van der Waals surface area contributed by atoms with Crippen molar-refractivity contribution in [1.82, 2.24) is 4.98 Å². The molecule has 2 nitrogen and oxygen atoms in total. The second-order valence-corrected chi connectivity index (χ2v) is 5.09. The minimum atomic E-state index is -4.45. The van der Waals surface area contributed by atoms with E-state index in [-0.39, 0.29) is 16.6 Å². The van der Waals surface area contributed by atoms with Gasteiger partial charge in [0.15, 0.2) is 0 Å². The van der Waals surface area contributed by atoms with Gasteiger partial charge >= 0.3 is 6.18 Å². The lowest BCUT2D eigenvalue weighted by Gasteiger charge is -2.14. The predicted molar refractivity (Wildman–Crippen MR) is 81.3 cm³/mol. The number of nitrogens with two attached hydrogens (primary N) is 1. The molecule has 0 saturated heterocycles. The Hall–Kier alpha value is -2.56. The number of aryl methyl sites for hydroxylation is 1. The molecule has 0 fully saturated rings. The average Bonchev–Trinajstić information content (AvgIpc) is 2.50. The van der Waals surface area contributed by atoms with E-state index in [4.69, 9.17) is 5.73 Å². The van der Waals surface area contributed by atoms with Gasteiger partial charge < -0.3 is 5.73 Å². The first-order valence-electron chi connectivity index (χ1n) is 6.70. The van der Waals surface area contributed by atoms with Gasteiger partial charge in [-0.3, -0.25) is 0 Å². The van der Waals surface area contributed by atoms with E-state index in [2.05, 4.69) is 4.98 Å². The molecule has 2 aromatic carbocycles. The van der Waals surface area contributed by atoms with Crippen LogP contribution in [0, 0.1) is 6.92 Å². The zero-order valence-electron chi connectivity index (χ0n) is 11.8. The quantitative estimate of drug-likeness (QED) is 0.655. The molecule has 0 bridgehead atoms. The summed E-state index contributed by atoms with van der Waals surface area (Å²) >= 11 is 0. The highest BCUT2D eigenvalue weighted by Crippen LogP contribution is 2.38. The highest BCUT2D eigenvalue weighted by molar-refractivity contribution is 5.91. The van der Waals surface area contributed by atoms with Gasteiger partial charge in [-0.25, -0.2) is 4.98 Å². The lowest BCUT2D eigenvalue weighted by molar-refractivity contribution is -0.136. The molecule has 0 atom stereocenters. The van der Waals surface area contributed by atoms with Gasteiger partial charge in [0.05, 0.1) is 16.8 Å². The van der Waals surface area contributed by atoms with Crippen LogP contribution in [-0.4, -0.2) is 4.98 Å². The Morgan fingerprint density at radius 3 is 2.32 bits per heavy atom. The molecule has 0 spiro atoms. The van der Waals surface area contributed by atoms with Crippen LogP contribution in [0.3, 0.4) is 0 Å². The molecule has 0 radical (unpaired) electrons. The van der Waals surface area contributed by atoms with Crippen LogP contribution in [0.4, 0.5) is 18.9 Å². The van der Waals surface area contributed by atoms with Crippen molar-refractivity contribution >= 4 is 16.6 Å². The van der Waals surface area contributed by atoms with Crippen molar-refractivity contribution in [2.75, 3.05) is 5.73 Å². The number of hydrogen-bond donors (Lipinski definition) is 1. The van der Waals surface area contributed by atoms with Crippen LogP contribution in [0.2, 0.25) is 0 Å². The minimum absolute atomic E-state index is 0.0684. The molecule has 0 amide bonds. The molecule has 5 heteroatoms. The fourth-order valence-corrected chi connectivity index (χ4v) is 2.44. The largest absolute Gasteiger partial charge is 0.417 e. The smallest absolute Gasteiger partial charge is 0.398 e. The lowest BCUT2D eigenvalue weighted by Crippen LogP contribution is -2.08. The minimum Gasteiger partial charge on any atom is -0.398 e. The topological polar surface area (TPSA) is 38.9 Å². The van der Waals surface area contributed by atoms with Crippen molar-refractivity contribution in [3.05, 3.63) is 59.7 Å². The van der Waals surface area contributed by atoms with E-state index in [9.17, 15) is 13.2 Å². The van der Waals surface area contributed by atoms with Crippen LogP contribution in [0.1, 0.15) is 11.1 Å². The highest BCUT2D eigenvalue weighted by atomic mass is 19.4. The Labute approximate surface area is 125 Å². The predicted octanol–water partition coefficient (Wildman–Crippen LogP) is 4.81.